The third-order valence-corrected chi connectivity index (χ3v) is 3.26. The molecule has 3 N–H and O–H groups in total. The lowest BCUT2D eigenvalue weighted by Crippen LogP contribution is -2.23. The highest BCUT2D eigenvalue weighted by Gasteiger charge is 2.09. The quantitative estimate of drug-likeness (QED) is 0.371. The van der Waals surface area contributed by atoms with Crippen molar-refractivity contribution < 1.29 is 14.0 Å². The van der Waals surface area contributed by atoms with E-state index in [1.54, 1.807) is 26.4 Å². The Bertz CT molecular complexity index is 703. The van der Waals surface area contributed by atoms with E-state index in [-0.39, 0.29) is 29.9 Å². The molecule has 2 rings (SSSR count). The van der Waals surface area contributed by atoms with Crippen molar-refractivity contribution in [1.82, 2.24) is 10.1 Å². The average molecular weight is 461 g/mol. The Morgan fingerprint density at radius 3 is 2.60 bits per heavy atom. The van der Waals surface area contributed by atoms with E-state index < -0.39 is 0 Å². The van der Waals surface area contributed by atoms with Gasteiger partial charge in [-0.2, -0.15) is 4.98 Å². The number of methoxy groups -OCH3 is 2. The summed E-state index contributed by atoms with van der Waals surface area (Å²) in [4.78, 5) is 8.54. The molecule has 138 valence electrons. The molecule has 0 atom stereocenters. The van der Waals surface area contributed by atoms with Crippen LogP contribution in [0.15, 0.2) is 27.7 Å². The van der Waals surface area contributed by atoms with E-state index in [0.29, 0.717) is 42.1 Å². The van der Waals surface area contributed by atoms with E-state index in [0.717, 1.165) is 5.69 Å². The molecular formula is C16H24IN5O3. The molecule has 1 aromatic carbocycles. The van der Waals surface area contributed by atoms with Gasteiger partial charge in [-0.25, -0.2) is 0 Å². The van der Waals surface area contributed by atoms with Crippen LogP contribution in [0.25, 0.3) is 0 Å². The van der Waals surface area contributed by atoms with Crippen LogP contribution in [0.2, 0.25) is 0 Å². The molecule has 2 aromatic rings. The molecule has 0 bridgehead atoms. The summed E-state index contributed by atoms with van der Waals surface area (Å²) in [5, 5.41) is 6.91. The van der Waals surface area contributed by atoms with Crippen LogP contribution in [0.1, 0.15) is 31.5 Å². The number of aromatic nitrogens is 2. The molecule has 0 radical (unpaired) electrons. The van der Waals surface area contributed by atoms with Gasteiger partial charge in [-0.3, -0.25) is 4.99 Å². The normalized spacial score (nSPS) is 11.2. The topological polar surface area (TPSA) is 108 Å². The fourth-order valence-corrected chi connectivity index (χ4v) is 1.98. The Morgan fingerprint density at radius 2 is 2.00 bits per heavy atom. The molecule has 0 saturated heterocycles. The maximum atomic E-state index is 5.89. The Hall–Kier alpha value is -2.04. The SMILES string of the molecule is COc1ccc(NC(N)=NCCc2nc(C(C)C)no2)cc1OC.I. The summed E-state index contributed by atoms with van der Waals surface area (Å²) in [6, 6.07) is 5.41. The lowest BCUT2D eigenvalue weighted by molar-refractivity contribution is 0.355. The molecule has 9 heteroatoms. The number of anilines is 1. The number of nitrogens with two attached hydrogens (primary N) is 1. The van der Waals surface area contributed by atoms with Gasteiger partial charge in [-0.05, 0) is 12.1 Å². The zero-order valence-electron chi connectivity index (χ0n) is 14.8. The van der Waals surface area contributed by atoms with Crippen molar-refractivity contribution in [2.75, 3.05) is 26.1 Å². The largest absolute Gasteiger partial charge is 0.493 e. The second-order valence-corrected chi connectivity index (χ2v) is 5.41. The Labute approximate surface area is 164 Å². The minimum Gasteiger partial charge on any atom is -0.493 e. The number of hydrogen-bond acceptors (Lipinski definition) is 6. The summed E-state index contributed by atoms with van der Waals surface area (Å²) in [5.41, 5.74) is 6.64. The van der Waals surface area contributed by atoms with Crippen LogP contribution in [-0.2, 0) is 6.42 Å². The standard InChI is InChI=1S/C16H23N5O3.HI/c1-10(2)15-20-14(24-21-15)7-8-18-16(17)19-11-5-6-12(22-3)13(9-11)23-4;/h5-6,9-10H,7-8H2,1-4H3,(H3,17,18,19);1H. The molecule has 0 aliphatic rings. The van der Waals surface area contributed by atoms with Gasteiger partial charge in [0.2, 0.25) is 5.89 Å². The maximum Gasteiger partial charge on any atom is 0.228 e. The van der Waals surface area contributed by atoms with Gasteiger partial charge < -0.3 is 25.0 Å². The van der Waals surface area contributed by atoms with Gasteiger partial charge in [0, 0.05) is 24.1 Å². The first-order valence-electron chi connectivity index (χ1n) is 7.65. The number of guanidine groups is 1. The van der Waals surface area contributed by atoms with Crippen molar-refractivity contribution >= 4 is 35.6 Å². The van der Waals surface area contributed by atoms with Gasteiger partial charge >= 0.3 is 0 Å². The lowest BCUT2D eigenvalue weighted by atomic mass is 10.2. The Morgan fingerprint density at radius 1 is 1.28 bits per heavy atom. The average Bonchev–Trinajstić information content (AvgIpc) is 3.04. The van der Waals surface area contributed by atoms with Gasteiger partial charge in [0.05, 0.1) is 20.8 Å². The van der Waals surface area contributed by atoms with Crippen molar-refractivity contribution in [1.29, 1.82) is 0 Å². The summed E-state index contributed by atoms with van der Waals surface area (Å²) in [7, 11) is 3.16. The zero-order valence-corrected chi connectivity index (χ0v) is 17.1. The highest BCUT2D eigenvalue weighted by atomic mass is 127. The van der Waals surface area contributed by atoms with Gasteiger partial charge in [0.15, 0.2) is 23.3 Å². The highest BCUT2D eigenvalue weighted by molar-refractivity contribution is 14.0. The molecule has 0 unspecified atom stereocenters. The number of hydrogen-bond donors (Lipinski definition) is 2. The third kappa shape index (κ3) is 6.07. The van der Waals surface area contributed by atoms with Gasteiger partial charge in [0.1, 0.15) is 0 Å². The molecule has 0 aliphatic heterocycles. The number of aliphatic imine (C=N–C) groups is 1. The van der Waals surface area contributed by atoms with Gasteiger partial charge in [0.25, 0.3) is 0 Å². The van der Waals surface area contributed by atoms with E-state index in [2.05, 4.69) is 20.4 Å². The first kappa shape index (κ1) is 21.0. The fraction of sp³-hybridized carbons (Fsp3) is 0.438. The molecule has 0 saturated carbocycles. The Balaban J connectivity index is 0.00000312. The molecule has 0 spiro atoms. The van der Waals surface area contributed by atoms with Gasteiger partial charge in [-0.1, -0.05) is 19.0 Å². The fourth-order valence-electron chi connectivity index (χ4n) is 1.98. The zero-order chi connectivity index (χ0) is 17.5. The summed E-state index contributed by atoms with van der Waals surface area (Å²) >= 11 is 0. The number of rotatable bonds is 7. The van der Waals surface area contributed by atoms with E-state index in [1.807, 2.05) is 19.9 Å². The third-order valence-electron chi connectivity index (χ3n) is 3.26. The van der Waals surface area contributed by atoms with Crippen LogP contribution in [0.5, 0.6) is 11.5 Å². The predicted molar refractivity (Wildman–Crippen MR) is 107 cm³/mol. The van der Waals surface area contributed by atoms with Crippen molar-refractivity contribution in [2.24, 2.45) is 10.7 Å². The van der Waals surface area contributed by atoms with E-state index >= 15 is 0 Å². The maximum absolute atomic E-state index is 5.89. The summed E-state index contributed by atoms with van der Waals surface area (Å²) in [5.74, 6) is 3.05. The summed E-state index contributed by atoms with van der Waals surface area (Å²) < 4.78 is 15.6. The minimum atomic E-state index is 0. The number of nitrogens with zero attached hydrogens (tertiary/aromatic N) is 3. The number of benzene rings is 1. The van der Waals surface area contributed by atoms with E-state index in [4.69, 9.17) is 19.7 Å². The Kier molecular flexibility index (Phi) is 8.46. The van der Waals surface area contributed by atoms with Crippen LogP contribution in [0.3, 0.4) is 0 Å². The van der Waals surface area contributed by atoms with Crippen LogP contribution in [0, 0.1) is 0 Å². The van der Waals surface area contributed by atoms with E-state index in [9.17, 15) is 0 Å². The molecule has 0 amide bonds. The number of ether oxygens (including phenoxy) is 2. The summed E-state index contributed by atoms with van der Waals surface area (Å²) in [6.45, 7) is 4.47. The second kappa shape index (κ2) is 10.1. The molecule has 0 fully saturated rings. The van der Waals surface area contributed by atoms with Crippen molar-refractivity contribution in [3.63, 3.8) is 0 Å². The van der Waals surface area contributed by atoms with Crippen LogP contribution in [-0.4, -0.2) is 36.9 Å². The summed E-state index contributed by atoms with van der Waals surface area (Å²) in [6.07, 6.45) is 0.536. The van der Waals surface area contributed by atoms with Crippen LogP contribution < -0.4 is 20.5 Å². The molecule has 1 aromatic heterocycles. The van der Waals surface area contributed by atoms with E-state index in [1.165, 1.54) is 0 Å². The van der Waals surface area contributed by atoms with Crippen molar-refractivity contribution in [2.45, 2.75) is 26.2 Å². The van der Waals surface area contributed by atoms with Crippen LogP contribution in [0.4, 0.5) is 5.69 Å². The smallest absolute Gasteiger partial charge is 0.228 e. The number of halogens is 1. The van der Waals surface area contributed by atoms with Crippen LogP contribution >= 0.6 is 24.0 Å². The predicted octanol–water partition coefficient (Wildman–Crippen LogP) is 2.80. The molecule has 1 heterocycles. The number of nitrogens with one attached hydrogen (secondary N) is 1. The molecular weight excluding hydrogens is 437 g/mol. The lowest BCUT2D eigenvalue weighted by Gasteiger charge is -2.10. The molecule has 25 heavy (non-hydrogen) atoms. The van der Waals surface area contributed by atoms with Crippen molar-refractivity contribution in [3.05, 3.63) is 29.9 Å². The molecule has 8 nitrogen and oxygen atoms in total. The van der Waals surface area contributed by atoms with Gasteiger partial charge in [-0.15, -0.1) is 24.0 Å². The first-order valence-corrected chi connectivity index (χ1v) is 7.65. The monoisotopic (exact) mass is 461 g/mol. The van der Waals surface area contributed by atoms with Crippen molar-refractivity contribution in [3.8, 4) is 11.5 Å². The molecule has 0 aliphatic carbocycles. The second-order valence-electron chi connectivity index (χ2n) is 5.41. The minimum absolute atomic E-state index is 0. The highest BCUT2D eigenvalue weighted by Crippen LogP contribution is 2.29. The first-order chi connectivity index (χ1) is 11.5.